The maximum absolute atomic E-state index is 13.6. The number of nitrogens with zero attached hydrogens (tertiary/aromatic N) is 3. The Morgan fingerprint density at radius 3 is 2.71 bits per heavy atom. The molecule has 0 aliphatic carbocycles. The van der Waals surface area contributed by atoms with E-state index >= 15 is 0 Å². The highest BCUT2D eigenvalue weighted by atomic mass is 19.4. The number of hydrogen-bond acceptors (Lipinski definition) is 3. The molecule has 0 bridgehead atoms. The fraction of sp³-hybridized carbons (Fsp3) is 0.429. The summed E-state index contributed by atoms with van der Waals surface area (Å²) in [5.41, 5.74) is -0.880. The molecule has 31 heavy (non-hydrogen) atoms. The van der Waals surface area contributed by atoms with Gasteiger partial charge >= 0.3 is 6.18 Å². The largest absolute Gasteiger partial charge is 0.424 e. The van der Waals surface area contributed by atoms with Crippen molar-refractivity contribution in [3.05, 3.63) is 54.2 Å². The maximum Gasteiger partial charge on any atom is 0.424 e. The maximum atomic E-state index is 13.6. The Hall–Kier alpha value is -3.01. The molecule has 0 aliphatic rings. The van der Waals surface area contributed by atoms with Crippen molar-refractivity contribution in [2.75, 3.05) is 19.6 Å². The number of hydrogen-bond donors (Lipinski definition) is 4. The zero-order chi connectivity index (χ0) is 22.5. The molecule has 2 aromatic heterocycles. The molecule has 0 radical (unpaired) electrons. The number of aliphatic imine (C=N–C) groups is 1. The van der Waals surface area contributed by atoms with E-state index in [4.69, 9.17) is 0 Å². The molecule has 3 aromatic rings. The summed E-state index contributed by atoms with van der Waals surface area (Å²) in [6, 6.07) is 7.98. The summed E-state index contributed by atoms with van der Waals surface area (Å²) in [7, 11) is 1.42. The van der Waals surface area contributed by atoms with Gasteiger partial charge in [-0.05, 0) is 25.0 Å². The molecule has 7 nitrogen and oxygen atoms in total. The molecule has 10 heteroatoms. The van der Waals surface area contributed by atoms with Gasteiger partial charge in [0, 0.05) is 62.6 Å². The summed E-state index contributed by atoms with van der Waals surface area (Å²) < 4.78 is 42.0. The molecular weight excluding hydrogens is 409 g/mol. The van der Waals surface area contributed by atoms with Crippen LogP contribution in [-0.4, -0.2) is 51.4 Å². The average Bonchev–Trinajstić information content (AvgIpc) is 3.33. The highest BCUT2D eigenvalue weighted by Gasteiger charge is 2.57. The Morgan fingerprint density at radius 2 is 2.03 bits per heavy atom. The number of aryl methyl sites for hydroxylation is 1. The predicted octanol–water partition coefficient (Wildman–Crippen LogP) is 2.84. The highest BCUT2D eigenvalue weighted by Crippen LogP contribution is 2.40. The fourth-order valence-corrected chi connectivity index (χ4v) is 3.47. The molecular formula is C21H27F3N6O. The van der Waals surface area contributed by atoms with Gasteiger partial charge in [0.05, 0.1) is 0 Å². The van der Waals surface area contributed by atoms with Crippen LogP contribution in [-0.2, 0) is 19.1 Å². The number of H-pyrrole nitrogens is 1. The summed E-state index contributed by atoms with van der Waals surface area (Å²) in [5.74, 6) is -0.0563. The standard InChI is InChI=1S/C21H27F3N6O/c1-3-25-19(27-10-8-15-14-29-17-7-5-4-6-16(15)17)28-11-9-20(31,21(22,23)24)18-26-12-13-30(18)2/h4-7,12-14,29,31H,3,8-11H2,1-2H3,(H2,25,27,28). The molecule has 168 valence electrons. The fourth-order valence-electron chi connectivity index (χ4n) is 3.47. The van der Waals surface area contributed by atoms with Crippen molar-refractivity contribution in [2.45, 2.75) is 31.5 Å². The van der Waals surface area contributed by atoms with E-state index in [9.17, 15) is 18.3 Å². The number of para-hydroxylation sites is 1. The molecule has 1 atom stereocenters. The summed E-state index contributed by atoms with van der Waals surface area (Å²) in [6.07, 6.45) is -0.249. The quantitative estimate of drug-likeness (QED) is 0.323. The van der Waals surface area contributed by atoms with Crippen LogP contribution in [0.5, 0.6) is 0 Å². The normalized spacial score (nSPS) is 14.6. The van der Waals surface area contributed by atoms with Gasteiger partial charge in [0.2, 0.25) is 5.60 Å². The van der Waals surface area contributed by atoms with Crippen LogP contribution in [0.1, 0.15) is 24.7 Å². The molecule has 1 aromatic carbocycles. The molecule has 4 N–H and O–H groups in total. The van der Waals surface area contributed by atoms with Crippen molar-refractivity contribution in [2.24, 2.45) is 12.0 Å². The van der Waals surface area contributed by atoms with Gasteiger partial charge in [0.15, 0.2) is 5.96 Å². The van der Waals surface area contributed by atoms with Crippen LogP contribution in [0.3, 0.4) is 0 Å². The first kappa shape index (κ1) is 22.7. The second-order valence-electron chi connectivity index (χ2n) is 7.27. The number of rotatable bonds is 8. The van der Waals surface area contributed by atoms with Crippen LogP contribution >= 0.6 is 0 Å². The lowest BCUT2D eigenvalue weighted by Crippen LogP contribution is -2.45. The Bertz CT molecular complexity index is 1030. The minimum Gasteiger partial charge on any atom is -0.374 e. The lowest BCUT2D eigenvalue weighted by molar-refractivity contribution is -0.272. The number of fused-ring (bicyclic) bond motifs is 1. The number of guanidine groups is 1. The van der Waals surface area contributed by atoms with Gasteiger partial charge in [-0.3, -0.25) is 4.99 Å². The molecule has 0 saturated heterocycles. The third kappa shape index (κ3) is 5.01. The van der Waals surface area contributed by atoms with E-state index in [1.54, 1.807) is 0 Å². The Labute approximate surface area is 178 Å². The van der Waals surface area contributed by atoms with E-state index in [2.05, 4.69) is 25.6 Å². The van der Waals surface area contributed by atoms with Gasteiger partial charge in [-0.2, -0.15) is 13.2 Å². The first-order valence-electron chi connectivity index (χ1n) is 10.1. The molecule has 0 spiro atoms. The van der Waals surface area contributed by atoms with E-state index in [1.165, 1.54) is 24.0 Å². The van der Waals surface area contributed by atoms with E-state index in [0.29, 0.717) is 25.5 Å². The number of aromatic amines is 1. The molecule has 0 aliphatic heterocycles. The van der Waals surface area contributed by atoms with E-state index < -0.39 is 24.0 Å². The lowest BCUT2D eigenvalue weighted by atomic mass is 9.98. The number of aliphatic hydroxyl groups is 1. The molecule has 3 rings (SSSR count). The molecule has 2 heterocycles. The average molecular weight is 436 g/mol. The van der Waals surface area contributed by atoms with Crippen LogP contribution in [0.2, 0.25) is 0 Å². The SMILES string of the molecule is CCNC(=NCCC(O)(c1nccn1C)C(F)(F)F)NCCc1c[nH]c2ccccc12. The summed E-state index contributed by atoms with van der Waals surface area (Å²) in [6.45, 7) is 2.75. The number of aromatic nitrogens is 3. The predicted molar refractivity (Wildman–Crippen MR) is 114 cm³/mol. The molecule has 0 amide bonds. The van der Waals surface area contributed by atoms with Crippen LogP contribution in [0.4, 0.5) is 13.2 Å². The zero-order valence-electron chi connectivity index (χ0n) is 17.5. The second-order valence-corrected chi connectivity index (χ2v) is 7.27. The highest BCUT2D eigenvalue weighted by molar-refractivity contribution is 5.83. The smallest absolute Gasteiger partial charge is 0.374 e. The van der Waals surface area contributed by atoms with Crippen LogP contribution in [0.15, 0.2) is 47.8 Å². The number of imidazole rings is 1. The minimum absolute atomic E-state index is 0.231. The zero-order valence-corrected chi connectivity index (χ0v) is 17.5. The Morgan fingerprint density at radius 1 is 1.26 bits per heavy atom. The van der Waals surface area contributed by atoms with Crippen LogP contribution in [0, 0.1) is 0 Å². The van der Waals surface area contributed by atoms with Crippen molar-refractivity contribution in [1.82, 2.24) is 25.2 Å². The van der Waals surface area contributed by atoms with Crippen LogP contribution < -0.4 is 10.6 Å². The van der Waals surface area contributed by atoms with E-state index in [0.717, 1.165) is 16.5 Å². The Kier molecular flexibility index (Phi) is 6.89. The van der Waals surface area contributed by atoms with Gasteiger partial charge in [-0.15, -0.1) is 0 Å². The van der Waals surface area contributed by atoms with Crippen LogP contribution in [0.25, 0.3) is 10.9 Å². The first-order chi connectivity index (χ1) is 14.8. The number of alkyl halides is 3. The third-order valence-corrected chi connectivity index (χ3v) is 5.11. The monoisotopic (exact) mass is 436 g/mol. The molecule has 0 saturated carbocycles. The van der Waals surface area contributed by atoms with Gasteiger partial charge in [0.1, 0.15) is 5.82 Å². The molecule has 1 unspecified atom stereocenters. The molecule has 0 fully saturated rings. The van der Waals surface area contributed by atoms with E-state index in [-0.39, 0.29) is 6.54 Å². The number of nitrogens with one attached hydrogen (secondary N) is 3. The summed E-state index contributed by atoms with van der Waals surface area (Å²) in [5, 5.41) is 17.7. The van der Waals surface area contributed by atoms with Crippen molar-refractivity contribution in [3.63, 3.8) is 0 Å². The first-order valence-corrected chi connectivity index (χ1v) is 10.1. The lowest BCUT2D eigenvalue weighted by Gasteiger charge is -2.29. The number of benzene rings is 1. The number of halogens is 3. The van der Waals surface area contributed by atoms with Crippen molar-refractivity contribution in [1.29, 1.82) is 0 Å². The van der Waals surface area contributed by atoms with Crippen molar-refractivity contribution in [3.8, 4) is 0 Å². The third-order valence-electron chi connectivity index (χ3n) is 5.11. The topological polar surface area (TPSA) is 90.3 Å². The summed E-state index contributed by atoms with van der Waals surface area (Å²) in [4.78, 5) is 11.1. The van der Waals surface area contributed by atoms with Gasteiger partial charge in [-0.25, -0.2) is 4.98 Å². The second kappa shape index (κ2) is 9.42. The minimum atomic E-state index is -4.87. The van der Waals surface area contributed by atoms with Crippen molar-refractivity contribution < 1.29 is 18.3 Å². The Balaban J connectivity index is 1.64. The van der Waals surface area contributed by atoms with Gasteiger partial charge < -0.3 is 25.3 Å². The van der Waals surface area contributed by atoms with Gasteiger partial charge in [0.25, 0.3) is 0 Å². The van der Waals surface area contributed by atoms with E-state index in [1.807, 2.05) is 37.4 Å². The van der Waals surface area contributed by atoms with Crippen molar-refractivity contribution >= 4 is 16.9 Å². The van der Waals surface area contributed by atoms with Gasteiger partial charge in [-0.1, -0.05) is 18.2 Å². The summed E-state index contributed by atoms with van der Waals surface area (Å²) >= 11 is 0.